The summed E-state index contributed by atoms with van der Waals surface area (Å²) in [4.78, 5) is 29.2. The Morgan fingerprint density at radius 1 is 1.14 bits per heavy atom. The Morgan fingerprint density at radius 2 is 1.89 bits per heavy atom. The highest BCUT2D eigenvalue weighted by atomic mass is 16.5. The van der Waals surface area contributed by atoms with Gasteiger partial charge in [0.2, 0.25) is 5.52 Å². The molecule has 0 spiro atoms. The molecule has 0 aliphatic rings. The number of hydrogen-bond acceptors (Lipinski definition) is 6. The summed E-state index contributed by atoms with van der Waals surface area (Å²) in [6.07, 6.45) is 0.894. The average Bonchev–Trinajstić information content (AvgIpc) is 2.72. The number of ether oxygens (including phenoxy) is 2. The lowest BCUT2D eigenvalue weighted by Gasteiger charge is -2.12. The zero-order valence-corrected chi connectivity index (χ0v) is 15.7. The molecule has 1 aromatic heterocycles. The molecular weight excluding hydrogens is 360 g/mol. The second kappa shape index (κ2) is 8.47. The first-order valence-corrected chi connectivity index (χ1v) is 8.90. The van der Waals surface area contributed by atoms with Gasteiger partial charge in [-0.15, -0.1) is 0 Å². The summed E-state index contributed by atoms with van der Waals surface area (Å²) in [5, 5.41) is 13.1. The maximum absolute atomic E-state index is 13.1. The molecule has 144 valence electrons. The van der Waals surface area contributed by atoms with Crippen molar-refractivity contribution in [2.75, 3.05) is 7.11 Å². The zero-order valence-electron chi connectivity index (χ0n) is 15.7. The molecule has 7 heteroatoms. The van der Waals surface area contributed by atoms with Crippen molar-refractivity contribution < 1.29 is 23.8 Å². The maximum Gasteiger partial charge on any atom is 0.306 e. The molecule has 0 aliphatic heterocycles. The van der Waals surface area contributed by atoms with Crippen molar-refractivity contribution in [3.63, 3.8) is 0 Å². The van der Waals surface area contributed by atoms with Crippen LogP contribution in [0.25, 0.3) is 11.0 Å². The standard InChI is InChI=1S/C21H20N2O5/c1-3-7-19(24)28-13-17-20(21(25)14-8-5-4-6-9-14)23(26)18-12-15(27-2)10-11-16(18)22-17/h4-6,8-12H,3,7,13H2,1-2H3. The molecule has 0 atom stereocenters. The predicted octanol–water partition coefficient (Wildman–Crippen LogP) is 2.95. The summed E-state index contributed by atoms with van der Waals surface area (Å²) >= 11 is 0. The van der Waals surface area contributed by atoms with Crippen molar-refractivity contribution in [3.05, 3.63) is 70.7 Å². The van der Waals surface area contributed by atoms with Crippen LogP contribution in [0, 0.1) is 5.21 Å². The first-order chi connectivity index (χ1) is 13.5. The van der Waals surface area contributed by atoms with Crippen molar-refractivity contribution in [3.8, 4) is 5.75 Å². The Bertz CT molecular complexity index is 1020. The fourth-order valence-electron chi connectivity index (χ4n) is 2.80. The number of carbonyl (C=O) groups excluding carboxylic acids is 2. The van der Waals surface area contributed by atoms with Crippen LogP contribution in [0.4, 0.5) is 0 Å². The van der Waals surface area contributed by atoms with E-state index in [1.165, 1.54) is 13.2 Å². The Labute approximate surface area is 162 Å². The third-order valence-electron chi connectivity index (χ3n) is 4.21. The smallest absolute Gasteiger partial charge is 0.306 e. The van der Waals surface area contributed by atoms with Gasteiger partial charge in [0.25, 0.3) is 11.5 Å². The highest BCUT2D eigenvalue weighted by Crippen LogP contribution is 2.20. The molecule has 0 N–H and O–H groups in total. The summed E-state index contributed by atoms with van der Waals surface area (Å²) in [6.45, 7) is 1.61. The van der Waals surface area contributed by atoms with Gasteiger partial charge in [0, 0.05) is 12.0 Å². The minimum absolute atomic E-state index is 0.117. The summed E-state index contributed by atoms with van der Waals surface area (Å²) in [6, 6.07) is 13.2. The molecule has 0 saturated carbocycles. The van der Waals surface area contributed by atoms with E-state index in [9.17, 15) is 14.8 Å². The fourth-order valence-corrected chi connectivity index (χ4v) is 2.80. The van der Waals surface area contributed by atoms with E-state index in [0.717, 1.165) is 0 Å². The number of methoxy groups -OCH3 is 1. The molecule has 0 unspecified atom stereocenters. The van der Waals surface area contributed by atoms with E-state index in [1.807, 2.05) is 6.92 Å². The number of hydrogen-bond donors (Lipinski definition) is 0. The van der Waals surface area contributed by atoms with Gasteiger partial charge >= 0.3 is 5.97 Å². The van der Waals surface area contributed by atoms with Crippen LogP contribution in [-0.2, 0) is 16.1 Å². The van der Waals surface area contributed by atoms with Gasteiger partial charge in [-0.1, -0.05) is 37.3 Å². The normalized spacial score (nSPS) is 10.6. The number of nitrogens with zero attached hydrogens (tertiary/aromatic N) is 2. The predicted molar refractivity (Wildman–Crippen MR) is 102 cm³/mol. The van der Waals surface area contributed by atoms with Crippen molar-refractivity contribution in [1.29, 1.82) is 0 Å². The number of esters is 1. The molecular formula is C21H20N2O5. The summed E-state index contributed by atoms with van der Waals surface area (Å²) in [7, 11) is 1.49. The van der Waals surface area contributed by atoms with E-state index in [-0.39, 0.29) is 29.9 Å². The molecule has 3 aromatic rings. The number of benzene rings is 2. The monoisotopic (exact) mass is 380 g/mol. The third-order valence-corrected chi connectivity index (χ3v) is 4.21. The SMILES string of the molecule is CCCC(=O)OCc1nc2ccc(OC)cc2[n+]([O-])c1C(=O)c1ccccc1. The van der Waals surface area contributed by atoms with Crippen molar-refractivity contribution in [2.45, 2.75) is 26.4 Å². The Morgan fingerprint density at radius 3 is 2.57 bits per heavy atom. The topological polar surface area (TPSA) is 92.4 Å². The van der Waals surface area contributed by atoms with Crippen LogP contribution >= 0.6 is 0 Å². The molecule has 0 aliphatic carbocycles. The zero-order chi connectivity index (χ0) is 20.1. The molecule has 2 aromatic carbocycles. The lowest BCUT2D eigenvalue weighted by atomic mass is 10.1. The molecule has 0 fully saturated rings. The van der Waals surface area contributed by atoms with Crippen LogP contribution in [0.2, 0.25) is 0 Å². The number of rotatable bonds is 7. The molecule has 0 saturated heterocycles. The van der Waals surface area contributed by atoms with E-state index in [1.54, 1.807) is 42.5 Å². The van der Waals surface area contributed by atoms with Gasteiger partial charge in [0.05, 0.1) is 13.2 Å². The highest BCUT2D eigenvalue weighted by molar-refractivity contribution is 6.07. The highest BCUT2D eigenvalue weighted by Gasteiger charge is 2.28. The van der Waals surface area contributed by atoms with Gasteiger partial charge in [-0.3, -0.25) is 9.59 Å². The first kappa shape index (κ1) is 19.3. The Balaban J connectivity index is 2.13. The molecule has 0 radical (unpaired) electrons. The quantitative estimate of drug-likeness (QED) is 0.271. The van der Waals surface area contributed by atoms with E-state index in [0.29, 0.717) is 28.0 Å². The van der Waals surface area contributed by atoms with E-state index >= 15 is 0 Å². The van der Waals surface area contributed by atoms with Crippen LogP contribution in [0.3, 0.4) is 0 Å². The number of fused-ring (bicyclic) bond motifs is 1. The van der Waals surface area contributed by atoms with Crippen molar-refractivity contribution >= 4 is 22.8 Å². The maximum atomic E-state index is 13.1. The second-order valence-corrected chi connectivity index (χ2v) is 6.16. The first-order valence-electron chi connectivity index (χ1n) is 8.90. The molecule has 0 bridgehead atoms. The summed E-state index contributed by atoms with van der Waals surface area (Å²) in [5.74, 6) is -0.428. The largest absolute Gasteiger partial charge is 0.618 e. The number of aromatic nitrogens is 2. The fraction of sp³-hybridized carbons (Fsp3) is 0.238. The van der Waals surface area contributed by atoms with Gasteiger partial charge in [0.15, 0.2) is 5.69 Å². The van der Waals surface area contributed by atoms with Crippen LogP contribution in [0.1, 0.15) is 41.5 Å². The average molecular weight is 380 g/mol. The van der Waals surface area contributed by atoms with Gasteiger partial charge < -0.3 is 14.7 Å². The Kier molecular flexibility index (Phi) is 5.84. The van der Waals surface area contributed by atoms with E-state index < -0.39 is 11.8 Å². The van der Waals surface area contributed by atoms with Crippen LogP contribution < -0.4 is 9.47 Å². The molecule has 1 heterocycles. The number of carbonyl (C=O) groups is 2. The van der Waals surface area contributed by atoms with E-state index in [4.69, 9.17) is 9.47 Å². The van der Waals surface area contributed by atoms with Gasteiger partial charge in [0.1, 0.15) is 17.9 Å². The van der Waals surface area contributed by atoms with E-state index in [2.05, 4.69) is 4.98 Å². The minimum Gasteiger partial charge on any atom is -0.618 e. The molecule has 0 amide bonds. The van der Waals surface area contributed by atoms with Gasteiger partial charge in [-0.2, -0.15) is 4.73 Å². The lowest BCUT2D eigenvalue weighted by molar-refractivity contribution is -0.580. The lowest BCUT2D eigenvalue weighted by Crippen LogP contribution is -2.38. The third kappa shape index (κ3) is 3.93. The van der Waals surface area contributed by atoms with Crippen LogP contribution in [0.15, 0.2) is 48.5 Å². The van der Waals surface area contributed by atoms with Gasteiger partial charge in [-0.05, 0) is 18.6 Å². The molecule has 28 heavy (non-hydrogen) atoms. The van der Waals surface area contributed by atoms with Gasteiger partial charge in [-0.25, -0.2) is 4.98 Å². The second-order valence-electron chi connectivity index (χ2n) is 6.16. The number of ketones is 1. The summed E-state index contributed by atoms with van der Waals surface area (Å²) in [5.41, 5.74) is 0.865. The summed E-state index contributed by atoms with van der Waals surface area (Å²) < 4.78 is 10.9. The Hall–Kier alpha value is -3.48. The minimum atomic E-state index is -0.491. The van der Waals surface area contributed by atoms with Crippen molar-refractivity contribution in [1.82, 2.24) is 4.98 Å². The molecule has 7 nitrogen and oxygen atoms in total. The molecule has 3 rings (SSSR count). The van der Waals surface area contributed by atoms with Crippen LogP contribution in [0.5, 0.6) is 5.75 Å². The van der Waals surface area contributed by atoms with Crippen LogP contribution in [-0.4, -0.2) is 23.8 Å². The van der Waals surface area contributed by atoms with Crippen molar-refractivity contribution in [2.24, 2.45) is 0 Å².